The lowest BCUT2D eigenvalue weighted by Gasteiger charge is -2.20. The molecule has 0 atom stereocenters. The van der Waals surface area contributed by atoms with Crippen molar-refractivity contribution in [3.05, 3.63) is 30.4 Å². The summed E-state index contributed by atoms with van der Waals surface area (Å²) in [7, 11) is -0.389. The normalized spacial score (nSPS) is 21.6. The quantitative estimate of drug-likeness (QED) is 0.724. The highest BCUT2D eigenvalue weighted by atomic mass is 32.2. The van der Waals surface area contributed by atoms with Crippen LogP contribution < -0.4 is 9.47 Å². The molecule has 0 amide bonds. The predicted molar refractivity (Wildman–Crippen MR) is 95.1 cm³/mol. The van der Waals surface area contributed by atoms with Gasteiger partial charge in [0.15, 0.2) is 0 Å². The highest BCUT2D eigenvalue weighted by molar-refractivity contribution is 7.89. The molecule has 1 heterocycles. The van der Waals surface area contributed by atoms with Crippen LogP contribution in [0.15, 0.2) is 35.2 Å². The molecule has 0 spiro atoms. The highest BCUT2D eigenvalue weighted by Crippen LogP contribution is 2.31. The van der Waals surface area contributed by atoms with Crippen molar-refractivity contribution in [2.45, 2.75) is 43.4 Å². The number of benzene rings is 1. The van der Waals surface area contributed by atoms with Crippen LogP contribution in [0.25, 0.3) is 0 Å². The first-order valence-electron chi connectivity index (χ1n) is 8.48. The number of sulfonamides is 1. The molecular formula is C18H27NO4S. The molecule has 0 bridgehead atoms. The molecule has 0 unspecified atom stereocenters. The van der Waals surface area contributed by atoms with Gasteiger partial charge in [0.25, 0.3) is 0 Å². The number of hydrogen-bond acceptors (Lipinski definition) is 4. The minimum Gasteiger partial charge on any atom is -0.497 e. The van der Waals surface area contributed by atoms with Crippen molar-refractivity contribution in [1.29, 1.82) is 0 Å². The minimum absolute atomic E-state index is 0.207. The van der Waals surface area contributed by atoms with E-state index >= 15 is 0 Å². The molecule has 0 fully saturated rings. The van der Waals surface area contributed by atoms with Gasteiger partial charge in [0.1, 0.15) is 16.4 Å². The second-order valence-electron chi connectivity index (χ2n) is 5.95. The van der Waals surface area contributed by atoms with Crippen LogP contribution in [0.2, 0.25) is 0 Å². The van der Waals surface area contributed by atoms with Gasteiger partial charge in [-0.05, 0) is 50.7 Å². The summed E-state index contributed by atoms with van der Waals surface area (Å²) in [5.74, 6) is 0.957. The Morgan fingerprint density at radius 2 is 1.79 bits per heavy atom. The Balaban J connectivity index is 2.29. The van der Waals surface area contributed by atoms with Gasteiger partial charge in [0.05, 0.1) is 13.7 Å². The number of rotatable bonds is 1. The van der Waals surface area contributed by atoms with E-state index in [0.717, 1.165) is 38.5 Å². The van der Waals surface area contributed by atoms with Crippen LogP contribution in [-0.2, 0) is 10.0 Å². The fourth-order valence-corrected chi connectivity index (χ4v) is 3.93. The summed E-state index contributed by atoms with van der Waals surface area (Å²) in [6.07, 6.45) is 10.2. The zero-order chi connectivity index (χ0) is 17.4. The van der Waals surface area contributed by atoms with Crippen molar-refractivity contribution in [3.8, 4) is 11.5 Å². The van der Waals surface area contributed by atoms with Crippen LogP contribution >= 0.6 is 0 Å². The van der Waals surface area contributed by atoms with Crippen molar-refractivity contribution < 1.29 is 17.9 Å². The summed E-state index contributed by atoms with van der Waals surface area (Å²) < 4.78 is 38.1. The third-order valence-corrected chi connectivity index (χ3v) is 6.02. The standard InChI is InChI=1S/C18H27NO4S/c1-19-13-9-7-5-3-4-6-8-10-14-23-17-15-16(22-2)11-12-18(17)24(19,20)21/h3-4,11-12,15H,5-10,13-14H2,1-2H3/b4-3-. The smallest absolute Gasteiger partial charge is 0.246 e. The molecule has 0 N–H and O–H groups in total. The highest BCUT2D eigenvalue weighted by Gasteiger charge is 2.25. The van der Waals surface area contributed by atoms with Gasteiger partial charge in [-0.25, -0.2) is 12.7 Å². The fraction of sp³-hybridized carbons (Fsp3) is 0.556. The Labute approximate surface area is 145 Å². The van der Waals surface area contributed by atoms with Gasteiger partial charge >= 0.3 is 0 Å². The monoisotopic (exact) mass is 353 g/mol. The SMILES string of the molecule is COc1ccc2c(c1)OCCCC/C=C\CCCCN(C)S2(=O)=O. The van der Waals surface area contributed by atoms with Crippen molar-refractivity contribution in [3.63, 3.8) is 0 Å². The van der Waals surface area contributed by atoms with Crippen molar-refractivity contribution in [1.82, 2.24) is 4.31 Å². The summed E-state index contributed by atoms with van der Waals surface area (Å²) in [6.45, 7) is 0.995. The van der Waals surface area contributed by atoms with Crippen LogP contribution in [0.1, 0.15) is 38.5 Å². The van der Waals surface area contributed by atoms with E-state index < -0.39 is 10.0 Å². The third kappa shape index (κ3) is 4.98. The first-order chi connectivity index (χ1) is 11.6. The molecule has 1 aromatic rings. The van der Waals surface area contributed by atoms with E-state index in [4.69, 9.17) is 9.47 Å². The lowest BCUT2D eigenvalue weighted by molar-refractivity contribution is 0.296. The van der Waals surface area contributed by atoms with Crippen molar-refractivity contribution in [2.24, 2.45) is 0 Å². The molecule has 0 saturated heterocycles. The van der Waals surface area contributed by atoms with Crippen LogP contribution in [0.3, 0.4) is 0 Å². The number of fused-ring (bicyclic) bond motifs is 1. The van der Waals surface area contributed by atoms with E-state index in [0.29, 0.717) is 24.7 Å². The van der Waals surface area contributed by atoms with Gasteiger partial charge in [0.2, 0.25) is 10.0 Å². The molecule has 6 heteroatoms. The van der Waals surface area contributed by atoms with E-state index in [-0.39, 0.29) is 4.90 Å². The van der Waals surface area contributed by atoms with Crippen molar-refractivity contribution in [2.75, 3.05) is 27.3 Å². The summed E-state index contributed by atoms with van der Waals surface area (Å²) in [5.41, 5.74) is 0. The second kappa shape index (κ2) is 9.08. The van der Waals surface area contributed by atoms with Crippen molar-refractivity contribution >= 4 is 10.0 Å². The Kier molecular flexibility index (Phi) is 7.12. The lowest BCUT2D eigenvalue weighted by atomic mass is 10.2. The molecular weight excluding hydrogens is 326 g/mol. The largest absolute Gasteiger partial charge is 0.497 e. The van der Waals surface area contributed by atoms with E-state index in [2.05, 4.69) is 12.2 Å². The summed E-state index contributed by atoms with van der Waals surface area (Å²) in [5, 5.41) is 0. The van der Waals surface area contributed by atoms with Crippen LogP contribution in [0.4, 0.5) is 0 Å². The zero-order valence-corrected chi connectivity index (χ0v) is 15.3. The van der Waals surface area contributed by atoms with E-state index in [9.17, 15) is 8.42 Å². The Morgan fingerprint density at radius 1 is 1.08 bits per heavy atom. The average Bonchev–Trinajstić information content (AvgIpc) is 2.58. The first kappa shape index (κ1) is 18.8. The van der Waals surface area contributed by atoms with Gasteiger partial charge in [-0.3, -0.25) is 0 Å². The molecule has 134 valence electrons. The second-order valence-corrected chi connectivity index (χ2v) is 7.96. The average molecular weight is 353 g/mol. The molecule has 0 aliphatic carbocycles. The molecule has 2 rings (SSSR count). The number of allylic oxidation sites excluding steroid dienone is 2. The molecule has 5 nitrogen and oxygen atoms in total. The maximum atomic E-state index is 12.9. The van der Waals surface area contributed by atoms with Gasteiger partial charge in [-0.2, -0.15) is 0 Å². The van der Waals surface area contributed by atoms with Crippen LogP contribution in [0, 0.1) is 0 Å². The summed E-state index contributed by atoms with van der Waals surface area (Å²) in [6, 6.07) is 4.88. The number of hydrogen-bond donors (Lipinski definition) is 0. The molecule has 1 aromatic carbocycles. The van der Waals surface area contributed by atoms with Gasteiger partial charge in [0, 0.05) is 19.7 Å². The number of nitrogens with zero attached hydrogens (tertiary/aromatic N) is 1. The molecule has 0 radical (unpaired) electrons. The maximum absolute atomic E-state index is 12.9. The molecule has 24 heavy (non-hydrogen) atoms. The molecule has 1 aliphatic heterocycles. The van der Waals surface area contributed by atoms with Gasteiger partial charge in [-0.1, -0.05) is 12.2 Å². The molecule has 1 aliphatic rings. The lowest BCUT2D eigenvalue weighted by Crippen LogP contribution is -2.28. The topological polar surface area (TPSA) is 55.8 Å². The first-order valence-corrected chi connectivity index (χ1v) is 9.92. The van der Waals surface area contributed by atoms with E-state index in [1.807, 2.05) is 0 Å². The Hall–Kier alpha value is -1.53. The summed E-state index contributed by atoms with van der Waals surface area (Å²) >= 11 is 0. The van der Waals surface area contributed by atoms with Gasteiger partial charge < -0.3 is 9.47 Å². The van der Waals surface area contributed by atoms with Crippen LogP contribution in [0.5, 0.6) is 11.5 Å². The third-order valence-electron chi connectivity index (χ3n) is 4.12. The predicted octanol–water partition coefficient (Wildman–Crippen LogP) is 3.60. The van der Waals surface area contributed by atoms with E-state index in [1.165, 1.54) is 4.31 Å². The summed E-state index contributed by atoms with van der Waals surface area (Å²) in [4.78, 5) is 0.207. The fourth-order valence-electron chi connectivity index (χ4n) is 2.61. The minimum atomic E-state index is -3.57. The Bertz CT molecular complexity index is 655. The van der Waals surface area contributed by atoms with Gasteiger partial charge in [-0.15, -0.1) is 0 Å². The molecule has 0 saturated carbocycles. The van der Waals surface area contributed by atoms with Crippen LogP contribution in [-0.4, -0.2) is 40.0 Å². The number of ether oxygens (including phenoxy) is 2. The maximum Gasteiger partial charge on any atom is 0.246 e. The number of methoxy groups -OCH3 is 1. The Morgan fingerprint density at radius 3 is 2.50 bits per heavy atom. The van der Waals surface area contributed by atoms with E-state index in [1.54, 1.807) is 32.4 Å². The molecule has 0 aromatic heterocycles. The zero-order valence-electron chi connectivity index (χ0n) is 14.5.